The average Bonchev–Trinajstić information content (AvgIpc) is 2.73. The molecule has 3 rings (SSSR count). The van der Waals surface area contributed by atoms with Gasteiger partial charge in [-0.2, -0.15) is 0 Å². The number of nitrogens with zero attached hydrogens (tertiary/aromatic N) is 3. The lowest BCUT2D eigenvalue weighted by molar-refractivity contribution is -0.134. The second-order valence-electron chi connectivity index (χ2n) is 7.55. The lowest BCUT2D eigenvalue weighted by atomic mass is 10.1. The fraction of sp³-hybridized carbons (Fsp3) is 0.409. The lowest BCUT2D eigenvalue weighted by Gasteiger charge is -2.39. The Morgan fingerprint density at radius 2 is 1.63 bits per heavy atom. The van der Waals surface area contributed by atoms with Crippen molar-refractivity contribution in [1.29, 1.82) is 0 Å². The molecule has 1 atom stereocenters. The molecule has 1 aliphatic heterocycles. The van der Waals surface area contributed by atoms with Gasteiger partial charge in [-0.05, 0) is 36.2 Å². The van der Waals surface area contributed by atoms with Crippen molar-refractivity contribution in [2.45, 2.75) is 25.9 Å². The Hall–Kier alpha value is -2.45. The van der Waals surface area contributed by atoms with Crippen molar-refractivity contribution in [3.63, 3.8) is 0 Å². The molecule has 0 aliphatic carbocycles. The minimum absolute atomic E-state index is 0.216. The van der Waals surface area contributed by atoms with Crippen LogP contribution >= 0.6 is 0 Å². The van der Waals surface area contributed by atoms with Gasteiger partial charge in [-0.3, -0.25) is 14.0 Å². The van der Waals surface area contributed by atoms with Gasteiger partial charge in [0.1, 0.15) is 11.9 Å². The zero-order chi connectivity index (χ0) is 21.7. The fourth-order valence-corrected chi connectivity index (χ4v) is 5.02. The van der Waals surface area contributed by atoms with E-state index in [1.165, 1.54) is 29.8 Å². The summed E-state index contributed by atoms with van der Waals surface area (Å²) in [6.45, 7) is 5.16. The minimum Gasteiger partial charge on any atom is -0.338 e. The Labute approximate surface area is 177 Å². The van der Waals surface area contributed by atoms with Crippen LogP contribution in [0.2, 0.25) is 0 Å². The predicted molar refractivity (Wildman–Crippen MR) is 116 cm³/mol. The molecule has 0 saturated carbocycles. The van der Waals surface area contributed by atoms with Crippen LogP contribution in [0.5, 0.6) is 0 Å². The molecule has 2 aromatic rings. The van der Waals surface area contributed by atoms with Gasteiger partial charge < -0.3 is 4.90 Å². The molecule has 6 nitrogen and oxygen atoms in total. The van der Waals surface area contributed by atoms with Crippen LogP contribution in [0.15, 0.2) is 54.6 Å². The molecule has 8 heteroatoms. The largest absolute Gasteiger partial charge is 0.338 e. The van der Waals surface area contributed by atoms with Gasteiger partial charge in [0.05, 0.1) is 11.9 Å². The molecule has 1 aliphatic rings. The van der Waals surface area contributed by atoms with Gasteiger partial charge in [0, 0.05) is 32.7 Å². The van der Waals surface area contributed by atoms with Gasteiger partial charge in [-0.25, -0.2) is 12.8 Å². The number of piperazine rings is 1. The normalized spacial score (nSPS) is 16.3. The molecular weight excluding hydrogens is 405 g/mol. The number of carbonyl (C=O) groups is 1. The summed E-state index contributed by atoms with van der Waals surface area (Å²) >= 11 is 0. The minimum atomic E-state index is -3.72. The number of rotatable bonds is 7. The quantitative estimate of drug-likeness (QED) is 0.674. The summed E-state index contributed by atoms with van der Waals surface area (Å²) in [4.78, 5) is 17.3. The molecule has 0 bridgehead atoms. The Balaban J connectivity index is 1.71. The Morgan fingerprint density at radius 1 is 1.03 bits per heavy atom. The average molecular weight is 434 g/mol. The SMILES string of the molecule is CCC(C(=O)N1CCN(Cc2ccccc2)CC1)N(c1ccc(F)cc1)S(C)(=O)=O. The maximum Gasteiger partial charge on any atom is 0.246 e. The van der Waals surface area contributed by atoms with Crippen molar-refractivity contribution in [3.8, 4) is 0 Å². The Bertz CT molecular complexity index is 943. The van der Waals surface area contributed by atoms with Crippen molar-refractivity contribution in [3.05, 3.63) is 66.0 Å². The zero-order valence-corrected chi connectivity index (χ0v) is 18.2. The van der Waals surface area contributed by atoms with E-state index < -0.39 is 21.9 Å². The third-order valence-electron chi connectivity index (χ3n) is 5.33. The molecule has 0 aromatic heterocycles. The molecule has 162 valence electrons. The summed E-state index contributed by atoms with van der Waals surface area (Å²) in [7, 11) is -3.72. The van der Waals surface area contributed by atoms with Crippen molar-refractivity contribution in [2.24, 2.45) is 0 Å². The van der Waals surface area contributed by atoms with Crippen LogP contribution in [0.25, 0.3) is 0 Å². The van der Waals surface area contributed by atoms with Crippen LogP contribution < -0.4 is 4.31 Å². The van der Waals surface area contributed by atoms with E-state index >= 15 is 0 Å². The van der Waals surface area contributed by atoms with Crippen LogP contribution in [0.4, 0.5) is 10.1 Å². The number of sulfonamides is 1. The smallest absolute Gasteiger partial charge is 0.246 e. The highest BCUT2D eigenvalue weighted by atomic mass is 32.2. The van der Waals surface area contributed by atoms with Gasteiger partial charge in [-0.1, -0.05) is 37.3 Å². The number of anilines is 1. The molecule has 2 aromatic carbocycles. The van der Waals surface area contributed by atoms with Crippen LogP contribution in [0, 0.1) is 5.82 Å². The van der Waals surface area contributed by atoms with Gasteiger partial charge >= 0.3 is 0 Å². The first kappa shape index (κ1) is 22.2. The molecule has 0 spiro atoms. The molecule has 1 heterocycles. The van der Waals surface area contributed by atoms with Crippen molar-refractivity contribution in [2.75, 3.05) is 36.7 Å². The van der Waals surface area contributed by atoms with Crippen LogP contribution in [-0.4, -0.2) is 62.6 Å². The van der Waals surface area contributed by atoms with E-state index in [9.17, 15) is 17.6 Å². The van der Waals surface area contributed by atoms with E-state index in [0.717, 1.165) is 30.2 Å². The number of hydrogen-bond acceptors (Lipinski definition) is 4. The van der Waals surface area contributed by atoms with E-state index in [0.29, 0.717) is 25.2 Å². The first-order chi connectivity index (χ1) is 14.3. The molecule has 1 saturated heterocycles. The topological polar surface area (TPSA) is 60.9 Å². The van der Waals surface area contributed by atoms with E-state index in [1.54, 1.807) is 11.8 Å². The summed E-state index contributed by atoms with van der Waals surface area (Å²) in [5.74, 6) is -0.673. The second-order valence-corrected chi connectivity index (χ2v) is 9.41. The third kappa shape index (κ3) is 5.37. The molecule has 1 amide bonds. The summed E-state index contributed by atoms with van der Waals surface area (Å²) in [5.41, 5.74) is 1.52. The lowest BCUT2D eigenvalue weighted by Crippen LogP contribution is -2.55. The Morgan fingerprint density at radius 3 is 2.17 bits per heavy atom. The zero-order valence-electron chi connectivity index (χ0n) is 17.4. The maximum absolute atomic E-state index is 13.3. The van der Waals surface area contributed by atoms with Crippen molar-refractivity contribution >= 4 is 21.6 Å². The van der Waals surface area contributed by atoms with E-state index in [1.807, 2.05) is 18.2 Å². The summed E-state index contributed by atoms with van der Waals surface area (Å²) in [6.07, 6.45) is 1.40. The monoisotopic (exact) mass is 433 g/mol. The molecule has 30 heavy (non-hydrogen) atoms. The van der Waals surface area contributed by atoms with Gasteiger partial charge in [-0.15, -0.1) is 0 Å². The van der Waals surface area contributed by atoms with Crippen LogP contribution in [0.1, 0.15) is 18.9 Å². The number of halogens is 1. The Kier molecular flexibility index (Phi) is 7.10. The van der Waals surface area contributed by atoms with E-state index in [-0.39, 0.29) is 5.91 Å². The number of hydrogen-bond donors (Lipinski definition) is 0. The third-order valence-corrected chi connectivity index (χ3v) is 6.51. The molecule has 0 radical (unpaired) electrons. The summed E-state index contributed by atoms with van der Waals surface area (Å²) in [6, 6.07) is 14.5. The fourth-order valence-electron chi connectivity index (χ4n) is 3.81. The van der Waals surface area contributed by atoms with Gasteiger partial charge in [0.2, 0.25) is 15.9 Å². The molecular formula is C22H28FN3O3S. The summed E-state index contributed by atoms with van der Waals surface area (Å²) < 4.78 is 39.5. The van der Waals surface area contributed by atoms with E-state index in [2.05, 4.69) is 17.0 Å². The van der Waals surface area contributed by atoms with Crippen LogP contribution in [0.3, 0.4) is 0 Å². The predicted octanol–water partition coefficient (Wildman–Crippen LogP) is 2.71. The molecule has 1 unspecified atom stereocenters. The maximum atomic E-state index is 13.3. The highest BCUT2D eigenvalue weighted by molar-refractivity contribution is 7.92. The molecule has 0 N–H and O–H groups in total. The standard InChI is InChI=1S/C22H28FN3O3S/c1-3-21(26(30(2,28)29)20-11-9-19(23)10-12-20)22(27)25-15-13-24(14-16-25)17-18-7-5-4-6-8-18/h4-12,21H,3,13-17H2,1-2H3. The summed E-state index contributed by atoms with van der Waals surface area (Å²) in [5, 5.41) is 0. The highest BCUT2D eigenvalue weighted by Crippen LogP contribution is 2.24. The number of benzene rings is 2. The first-order valence-electron chi connectivity index (χ1n) is 10.1. The van der Waals surface area contributed by atoms with Gasteiger partial charge in [0.15, 0.2) is 0 Å². The van der Waals surface area contributed by atoms with E-state index in [4.69, 9.17) is 0 Å². The first-order valence-corrected chi connectivity index (χ1v) is 11.9. The van der Waals surface area contributed by atoms with Crippen LogP contribution in [-0.2, 0) is 21.4 Å². The number of amides is 1. The van der Waals surface area contributed by atoms with Crippen molar-refractivity contribution in [1.82, 2.24) is 9.80 Å². The second kappa shape index (κ2) is 9.57. The van der Waals surface area contributed by atoms with Crippen molar-refractivity contribution < 1.29 is 17.6 Å². The van der Waals surface area contributed by atoms with Gasteiger partial charge in [0.25, 0.3) is 0 Å². The highest BCUT2D eigenvalue weighted by Gasteiger charge is 2.35. The number of carbonyl (C=O) groups excluding carboxylic acids is 1. The molecule has 1 fully saturated rings.